The molecule has 11 heteroatoms. The van der Waals surface area contributed by atoms with E-state index >= 15 is 0 Å². The predicted octanol–water partition coefficient (Wildman–Crippen LogP) is -1.36. The zero-order valence-corrected chi connectivity index (χ0v) is 10.1. The van der Waals surface area contributed by atoms with Crippen molar-refractivity contribution in [3.05, 3.63) is 0 Å². The normalized spacial score (nSPS) is 16.5. The quantitative estimate of drug-likeness (QED) is 0.240. The van der Waals surface area contributed by atoms with Crippen LogP contribution in [0.25, 0.3) is 0 Å². The number of hydrogen-bond donors (Lipinski definition) is 7. The first-order valence-electron chi connectivity index (χ1n) is 3.67. The Morgan fingerprint density at radius 1 is 1.20 bits per heavy atom. The Morgan fingerprint density at radius 3 is 1.73 bits per heavy atom. The van der Waals surface area contributed by atoms with Crippen LogP contribution in [0.1, 0.15) is 6.42 Å². The van der Waals surface area contributed by atoms with Crippen LogP contribution in [0.4, 0.5) is 0 Å². The first kappa shape index (κ1) is 15.6. The lowest BCUT2D eigenvalue weighted by Gasteiger charge is -2.30. The summed E-state index contributed by atoms with van der Waals surface area (Å²) in [5, 5.41) is 5.00. The summed E-state index contributed by atoms with van der Waals surface area (Å²) in [6.07, 6.45) is -0.902. The first-order valence-corrected chi connectivity index (χ1v) is 7.41. The molecule has 0 heterocycles. The van der Waals surface area contributed by atoms with Gasteiger partial charge in [-0.05, 0) is 0 Å². The molecule has 8 nitrogen and oxygen atoms in total. The molecular weight excluding hydrogens is 268 g/mol. The smallest absolute Gasteiger partial charge is 0.367 e. The highest BCUT2D eigenvalue weighted by atomic mass is 32.1. The minimum Gasteiger partial charge on any atom is -0.367 e. The molecule has 0 aliphatic heterocycles. The minimum absolute atomic E-state index is 0.189. The molecule has 0 aliphatic rings. The third kappa shape index (κ3) is 3.52. The maximum Gasteiger partial charge on any atom is 0.369 e. The zero-order chi connectivity index (χ0) is 12.5. The van der Waals surface area contributed by atoms with Gasteiger partial charge in [0.15, 0.2) is 0 Å². The molecule has 1 unspecified atom stereocenters. The third-order valence-corrected chi connectivity index (χ3v) is 5.90. The van der Waals surface area contributed by atoms with Crippen LogP contribution in [0, 0.1) is 0 Å². The highest BCUT2D eigenvalue weighted by molar-refractivity contribution is 7.81. The van der Waals surface area contributed by atoms with E-state index < -0.39 is 31.9 Å². The Kier molecular flexibility index (Phi) is 5.01. The molecule has 1 atom stereocenters. The van der Waals surface area contributed by atoms with Gasteiger partial charge in [-0.3, -0.25) is 9.13 Å². The van der Waals surface area contributed by atoms with E-state index in [2.05, 4.69) is 12.6 Å². The molecule has 15 heavy (non-hydrogen) atoms. The van der Waals surface area contributed by atoms with Crippen LogP contribution in [0.2, 0.25) is 0 Å². The summed E-state index contributed by atoms with van der Waals surface area (Å²) in [6, 6.07) is 0. The fourth-order valence-corrected chi connectivity index (χ4v) is 3.63. The van der Waals surface area contributed by atoms with E-state index in [1.807, 2.05) is 0 Å². The van der Waals surface area contributed by atoms with Crippen molar-refractivity contribution in [2.24, 2.45) is 5.73 Å². The lowest BCUT2D eigenvalue weighted by molar-refractivity contribution is 0.123. The number of hydrogen-bond acceptors (Lipinski definition) is 5. The highest BCUT2D eigenvalue weighted by Gasteiger charge is 2.59. The van der Waals surface area contributed by atoms with E-state index in [0.717, 1.165) is 0 Å². The van der Waals surface area contributed by atoms with E-state index in [1.165, 1.54) is 0 Å². The van der Waals surface area contributed by atoms with Crippen molar-refractivity contribution in [3.63, 3.8) is 0 Å². The van der Waals surface area contributed by atoms with Gasteiger partial charge in [0.05, 0.1) is 0 Å². The summed E-state index contributed by atoms with van der Waals surface area (Å²) in [6.45, 7) is -0.189. The van der Waals surface area contributed by atoms with Crippen LogP contribution in [-0.2, 0) is 9.13 Å². The predicted molar refractivity (Wildman–Crippen MR) is 55.5 cm³/mol. The van der Waals surface area contributed by atoms with E-state index in [1.54, 1.807) is 0 Å². The molecule has 0 saturated carbocycles. The van der Waals surface area contributed by atoms with Crippen molar-refractivity contribution in [1.82, 2.24) is 0 Å². The summed E-state index contributed by atoms with van der Waals surface area (Å²) >= 11 is 3.72. The highest BCUT2D eigenvalue weighted by Crippen LogP contribution is 2.69. The maximum absolute atomic E-state index is 10.8. The van der Waals surface area contributed by atoms with Crippen LogP contribution in [0.5, 0.6) is 0 Å². The van der Waals surface area contributed by atoms with E-state index in [0.29, 0.717) is 0 Å². The van der Waals surface area contributed by atoms with Crippen molar-refractivity contribution in [1.29, 1.82) is 0 Å². The van der Waals surface area contributed by atoms with Crippen molar-refractivity contribution in [2.75, 3.05) is 6.54 Å². The van der Waals surface area contributed by atoms with Crippen LogP contribution in [0.3, 0.4) is 0 Å². The molecule has 0 aromatic heterocycles. The van der Waals surface area contributed by atoms with Gasteiger partial charge < -0.3 is 30.4 Å². The maximum atomic E-state index is 10.8. The molecule has 0 rings (SSSR count). The average Bonchev–Trinajstić information content (AvgIpc) is 1.99. The average molecular weight is 281 g/mol. The summed E-state index contributed by atoms with van der Waals surface area (Å²) in [5.41, 5.74) is 5.07. The van der Waals surface area contributed by atoms with Gasteiger partial charge >= 0.3 is 15.2 Å². The standard InChI is InChI=1S/C4H13NO7P2S/c5-2-3(15)1-4(6,13(7,8)9)14(10,11)12/h3,6,15H,1-2,5H2,(H2,7,8,9)(H2,10,11,12). The number of aliphatic hydroxyl groups is 1. The summed E-state index contributed by atoms with van der Waals surface area (Å²) < 4.78 is 21.7. The first-order chi connectivity index (χ1) is 6.45. The molecule has 0 spiro atoms. The Balaban J connectivity index is 5.26. The molecular formula is C4H13NO7P2S. The van der Waals surface area contributed by atoms with E-state index in [4.69, 9.17) is 25.3 Å². The van der Waals surface area contributed by atoms with Gasteiger partial charge in [0, 0.05) is 18.2 Å². The lowest BCUT2D eigenvalue weighted by atomic mass is 10.3. The van der Waals surface area contributed by atoms with Crippen molar-refractivity contribution in [2.45, 2.75) is 16.8 Å². The second kappa shape index (κ2) is 4.83. The molecule has 0 aliphatic carbocycles. The number of rotatable bonds is 5. The monoisotopic (exact) mass is 281 g/mol. The van der Waals surface area contributed by atoms with Crippen molar-refractivity contribution in [3.8, 4) is 0 Å². The number of thiol groups is 1. The molecule has 0 saturated heterocycles. The largest absolute Gasteiger partial charge is 0.369 e. The molecule has 0 radical (unpaired) electrons. The van der Waals surface area contributed by atoms with E-state index in [9.17, 15) is 14.2 Å². The van der Waals surface area contributed by atoms with Crippen LogP contribution in [-0.4, -0.2) is 41.6 Å². The Labute approximate surface area is 91.2 Å². The van der Waals surface area contributed by atoms with E-state index in [-0.39, 0.29) is 6.54 Å². The second-order valence-corrected chi connectivity index (χ2v) is 7.69. The third-order valence-electron chi connectivity index (χ3n) is 1.71. The minimum atomic E-state index is -5.39. The van der Waals surface area contributed by atoms with Crippen LogP contribution >= 0.6 is 27.8 Å². The Bertz CT molecular complexity index is 288. The molecule has 7 N–H and O–H groups in total. The second-order valence-electron chi connectivity index (χ2n) is 2.96. The van der Waals surface area contributed by atoms with Gasteiger partial charge in [0.25, 0.3) is 5.08 Å². The molecule has 92 valence electrons. The summed E-state index contributed by atoms with van der Waals surface area (Å²) in [5.74, 6) is 0. The van der Waals surface area contributed by atoms with Crippen LogP contribution < -0.4 is 5.73 Å². The molecule has 0 bridgehead atoms. The Morgan fingerprint density at radius 2 is 1.53 bits per heavy atom. The Hall–Kier alpha value is 0.570. The number of nitrogens with two attached hydrogens (primary N) is 1. The molecule has 0 amide bonds. The van der Waals surface area contributed by atoms with Gasteiger partial charge in [-0.2, -0.15) is 12.6 Å². The van der Waals surface area contributed by atoms with Gasteiger partial charge in [-0.15, -0.1) is 0 Å². The van der Waals surface area contributed by atoms with Crippen molar-refractivity contribution < 1.29 is 33.8 Å². The van der Waals surface area contributed by atoms with Crippen molar-refractivity contribution >= 4 is 27.8 Å². The lowest BCUT2D eigenvalue weighted by Crippen LogP contribution is -2.34. The summed E-state index contributed by atoms with van der Waals surface area (Å²) in [7, 11) is -10.8. The van der Waals surface area contributed by atoms with Gasteiger partial charge in [-0.1, -0.05) is 0 Å². The molecule has 0 aromatic rings. The fourth-order valence-electron chi connectivity index (χ4n) is 0.807. The molecule has 0 aromatic carbocycles. The SMILES string of the molecule is NCC(S)CC(O)(P(=O)(O)O)P(=O)(O)O. The fraction of sp³-hybridized carbons (Fsp3) is 1.00. The van der Waals surface area contributed by atoms with Gasteiger partial charge in [0.2, 0.25) is 0 Å². The van der Waals surface area contributed by atoms with Gasteiger partial charge in [0.1, 0.15) is 0 Å². The zero-order valence-electron chi connectivity index (χ0n) is 7.46. The van der Waals surface area contributed by atoms with Gasteiger partial charge in [-0.25, -0.2) is 0 Å². The molecule has 0 fully saturated rings. The summed E-state index contributed by atoms with van der Waals surface area (Å²) in [4.78, 5) is 34.8. The topological polar surface area (TPSA) is 161 Å². The van der Waals surface area contributed by atoms with Crippen LogP contribution in [0.15, 0.2) is 0 Å².